The van der Waals surface area contributed by atoms with E-state index < -0.39 is 37.8 Å². The van der Waals surface area contributed by atoms with E-state index >= 15 is 0 Å². The molecule has 168 valence electrons. The van der Waals surface area contributed by atoms with Crippen LogP contribution < -0.4 is 24.8 Å². The molecule has 1 aromatic heterocycles. The summed E-state index contributed by atoms with van der Waals surface area (Å²) in [7, 11) is 1.20. The fourth-order valence-electron chi connectivity index (χ4n) is 2.17. The normalized spacial score (nSPS) is 11.1. The zero-order valence-corrected chi connectivity index (χ0v) is 15.8. The quantitative estimate of drug-likeness (QED) is 0.572. The zero-order valence-electron chi connectivity index (χ0n) is 15.8. The van der Waals surface area contributed by atoms with Gasteiger partial charge in [-0.25, -0.2) is 4.98 Å². The molecule has 13 heteroatoms. The van der Waals surface area contributed by atoms with Gasteiger partial charge in [0, 0.05) is 11.6 Å². The van der Waals surface area contributed by atoms with Crippen molar-refractivity contribution >= 4 is 17.5 Å². The number of amides is 2. The first-order valence-electron chi connectivity index (χ1n) is 8.44. The number of benzene rings is 1. The number of nitrogens with one attached hydrogen (secondary N) is 2. The van der Waals surface area contributed by atoms with Gasteiger partial charge in [0.2, 0.25) is 11.8 Å². The van der Waals surface area contributed by atoms with Crippen LogP contribution in [0.5, 0.6) is 17.4 Å². The van der Waals surface area contributed by atoms with Crippen LogP contribution in [0.25, 0.3) is 0 Å². The van der Waals surface area contributed by atoms with Gasteiger partial charge in [-0.2, -0.15) is 22.0 Å². The van der Waals surface area contributed by atoms with Gasteiger partial charge in [-0.15, -0.1) is 0 Å². The Balaban J connectivity index is 1.87. The lowest BCUT2D eigenvalue weighted by molar-refractivity contribution is -0.154. The number of carbonyl (C=O) groups excluding carboxylic acids is 2. The van der Waals surface area contributed by atoms with Crippen molar-refractivity contribution in [2.24, 2.45) is 0 Å². The van der Waals surface area contributed by atoms with Gasteiger partial charge in [0.25, 0.3) is 5.91 Å². The highest BCUT2D eigenvalue weighted by molar-refractivity contribution is 5.99. The number of alkyl halides is 5. The third-order valence-corrected chi connectivity index (χ3v) is 3.46. The smallest absolute Gasteiger partial charge is 0.422 e. The Morgan fingerprint density at radius 1 is 1.13 bits per heavy atom. The number of nitrogens with zero attached hydrogens (tertiary/aromatic N) is 1. The van der Waals surface area contributed by atoms with Gasteiger partial charge in [0.05, 0.1) is 25.5 Å². The van der Waals surface area contributed by atoms with E-state index in [-0.39, 0.29) is 28.6 Å². The highest BCUT2D eigenvalue weighted by atomic mass is 19.4. The topological polar surface area (TPSA) is 98.8 Å². The van der Waals surface area contributed by atoms with E-state index in [0.717, 1.165) is 24.4 Å². The Hall–Kier alpha value is -3.64. The minimum atomic E-state index is -4.51. The van der Waals surface area contributed by atoms with Crippen LogP contribution in [0.1, 0.15) is 10.4 Å². The fraction of sp³-hybridized carbons (Fsp3) is 0.278. The molecule has 2 amide bonds. The number of aromatic nitrogens is 1. The number of halogens is 5. The average Bonchev–Trinajstić information content (AvgIpc) is 2.70. The molecule has 31 heavy (non-hydrogen) atoms. The summed E-state index contributed by atoms with van der Waals surface area (Å²) in [4.78, 5) is 27.7. The van der Waals surface area contributed by atoms with Gasteiger partial charge in [-0.3, -0.25) is 9.59 Å². The monoisotopic (exact) mass is 449 g/mol. The van der Waals surface area contributed by atoms with Crippen LogP contribution in [0.15, 0.2) is 36.5 Å². The highest BCUT2D eigenvalue weighted by Crippen LogP contribution is 2.29. The molecule has 1 aromatic carbocycles. The second-order valence-corrected chi connectivity index (χ2v) is 5.76. The van der Waals surface area contributed by atoms with Crippen LogP contribution in [0, 0.1) is 0 Å². The Bertz CT molecular complexity index is 906. The van der Waals surface area contributed by atoms with Gasteiger partial charge in [0.1, 0.15) is 0 Å². The zero-order chi connectivity index (χ0) is 23.0. The first-order chi connectivity index (χ1) is 14.6. The van der Waals surface area contributed by atoms with E-state index in [2.05, 4.69) is 25.1 Å². The largest absolute Gasteiger partial charge is 0.493 e. The minimum Gasteiger partial charge on any atom is -0.493 e. The van der Waals surface area contributed by atoms with E-state index in [1.807, 2.05) is 0 Å². The molecule has 2 aromatic rings. The first-order valence-corrected chi connectivity index (χ1v) is 8.44. The molecule has 0 spiro atoms. The van der Waals surface area contributed by atoms with Crippen LogP contribution in [0.4, 0.5) is 27.6 Å². The summed E-state index contributed by atoms with van der Waals surface area (Å²) in [5, 5.41) is 4.69. The van der Waals surface area contributed by atoms with Crippen molar-refractivity contribution < 1.29 is 45.8 Å². The lowest BCUT2D eigenvalue weighted by Gasteiger charge is -2.12. The molecular formula is C18H16F5N3O5. The van der Waals surface area contributed by atoms with Gasteiger partial charge in [-0.05, 0) is 24.3 Å². The number of carbonyl (C=O) groups is 2. The number of anilines is 1. The van der Waals surface area contributed by atoms with Crippen LogP contribution in [0.3, 0.4) is 0 Å². The molecule has 1 heterocycles. The molecule has 8 nitrogen and oxygen atoms in total. The van der Waals surface area contributed by atoms with Crippen molar-refractivity contribution in [1.82, 2.24) is 10.3 Å². The lowest BCUT2D eigenvalue weighted by Crippen LogP contribution is -2.32. The summed E-state index contributed by atoms with van der Waals surface area (Å²) in [6.45, 7) is -5.03. The summed E-state index contributed by atoms with van der Waals surface area (Å²) in [6.07, 6.45) is -3.43. The number of pyridine rings is 1. The van der Waals surface area contributed by atoms with Crippen molar-refractivity contribution in [3.8, 4) is 17.4 Å². The molecule has 0 aliphatic heterocycles. The lowest BCUT2D eigenvalue weighted by atomic mass is 10.2. The molecule has 0 unspecified atom stereocenters. The Morgan fingerprint density at radius 2 is 1.87 bits per heavy atom. The van der Waals surface area contributed by atoms with E-state index in [4.69, 9.17) is 4.74 Å². The molecule has 2 rings (SSSR count). The summed E-state index contributed by atoms with van der Waals surface area (Å²) < 4.78 is 74.5. The maximum atomic E-state index is 12.3. The maximum absolute atomic E-state index is 12.3. The first kappa shape index (κ1) is 23.6. The standard InChI is InChI=1S/C18H16F5N3O5/c1-29-13-6-10(2-4-12(13)31-17(19)20)16(28)25-8-14(27)26-11-3-5-15(24-7-11)30-9-18(21,22)23/h2-7,17H,8-9H2,1H3,(H,25,28)(H,26,27). The van der Waals surface area contributed by atoms with Gasteiger partial charge in [0.15, 0.2) is 18.1 Å². The third kappa shape index (κ3) is 7.95. The van der Waals surface area contributed by atoms with Gasteiger partial charge in [-0.1, -0.05) is 0 Å². The third-order valence-electron chi connectivity index (χ3n) is 3.46. The number of hydrogen-bond acceptors (Lipinski definition) is 6. The Labute approximate surface area is 172 Å². The molecule has 0 radical (unpaired) electrons. The van der Waals surface area contributed by atoms with Crippen molar-refractivity contribution in [3.63, 3.8) is 0 Å². The Morgan fingerprint density at radius 3 is 2.45 bits per heavy atom. The van der Waals surface area contributed by atoms with Crippen molar-refractivity contribution in [2.45, 2.75) is 12.8 Å². The summed E-state index contributed by atoms with van der Waals surface area (Å²) in [5.74, 6) is -1.98. The molecule has 0 atom stereocenters. The highest BCUT2D eigenvalue weighted by Gasteiger charge is 2.28. The number of rotatable bonds is 9. The van der Waals surface area contributed by atoms with E-state index in [1.54, 1.807) is 0 Å². The average molecular weight is 449 g/mol. The van der Waals surface area contributed by atoms with Gasteiger partial charge >= 0.3 is 12.8 Å². The van der Waals surface area contributed by atoms with Crippen LogP contribution in [-0.4, -0.2) is 49.8 Å². The summed E-state index contributed by atoms with van der Waals surface area (Å²) >= 11 is 0. The van der Waals surface area contributed by atoms with Crippen molar-refractivity contribution in [1.29, 1.82) is 0 Å². The minimum absolute atomic E-state index is 0.0269. The van der Waals surface area contributed by atoms with Crippen molar-refractivity contribution in [3.05, 3.63) is 42.1 Å². The molecular weight excluding hydrogens is 433 g/mol. The second kappa shape index (κ2) is 10.4. The molecule has 0 saturated heterocycles. The molecule has 0 fully saturated rings. The van der Waals surface area contributed by atoms with Gasteiger partial charge < -0.3 is 24.8 Å². The molecule has 0 aliphatic carbocycles. The predicted octanol–water partition coefficient (Wildman–Crippen LogP) is 3.00. The van der Waals surface area contributed by atoms with Crippen LogP contribution >= 0.6 is 0 Å². The Kier molecular flexibility index (Phi) is 7.94. The molecule has 0 saturated carbocycles. The number of hydrogen-bond donors (Lipinski definition) is 2. The summed E-state index contributed by atoms with van der Waals surface area (Å²) in [5.41, 5.74) is 0.188. The van der Waals surface area contributed by atoms with Crippen LogP contribution in [0.2, 0.25) is 0 Å². The van der Waals surface area contributed by atoms with E-state index in [1.165, 1.54) is 19.2 Å². The maximum Gasteiger partial charge on any atom is 0.422 e. The molecule has 2 N–H and O–H groups in total. The fourth-order valence-corrected chi connectivity index (χ4v) is 2.17. The van der Waals surface area contributed by atoms with E-state index in [0.29, 0.717) is 0 Å². The summed E-state index contributed by atoms with van der Waals surface area (Å²) in [6, 6.07) is 5.89. The molecule has 0 aliphatic rings. The second-order valence-electron chi connectivity index (χ2n) is 5.76. The predicted molar refractivity (Wildman–Crippen MR) is 96.4 cm³/mol. The van der Waals surface area contributed by atoms with Crippen LogP contribution in [-0.2, 0) is 4.79 Å². The SMILES string of the molecule is COc1cc(C(=O)NCC(=O)Nc2ccc(OCC(F)(F)F)nc2)ccc1OC(F)F. The molecule has 0 bridgehead atoms. The number of ether oxygens (including phenoxy) is 3. The van der Waals surface area contributed by atoms with Crippen molar-refractivity contribution in [2.75, 3.05) is 25.6 Å². The van der Waals surface area contributed by atoms with E-state index in [9.17, 15) is 31.5 Å². The number of methoxy groups -OCH3 is 1.